The number of phenols is 1. The number of rotatable bonds is 5. The molecule has 0 fully saturated rings. The van der Waals surface area contributed by atoms with Crippen LogP contribution in [0.1, 0.15) is 31.2 Å². The smallest absolute Gasteiger partial charge is 0.211 e. The van der Waals surface area contributed by atoms with Gasteiger partial charge in [-0.05, 0) is 34.3 Å². The highest BCUT2D eigenvalue weighted by atomic mass is 79.9. The number of hydrogen-bond donors (Lipinski definition) is 1. The molecule has 0 aliphatic rings. The van der Waals surface area contributed by atoms with Crippen LogP contribution in [0, 0.1) is 0 Å². The molecule has 0 saturated heterocycles. The molecule has 118 valence electrons. The fourth-order valence-electron chi connectivity index (χ4n) is 1.82. The van der Waals surface area contributed by atoms with Crippen LogP contribution in [0.4, 0.5) is 0 Å². The van der Waals surface area contributed by atoms with Crippen molar-refractivity contribution >= 4 is 33.9 Å². The molecule has 8 heteroatoms. The number of halogens is 1. The van der Waals surface area contributed by atoms with Crippen LogP contribution in [0.2, 0.25) is 0 Å². The fraction of sp³-hybridized carbons (Fsp3) is 0.357. The van der Waals surface area contributed by atoms with E-state index < -0.39 is 0 Å². The van der Waals surface area contributed by atoms with E-state index >= 15 is 0 Å². The van der Waals surface area contributed by atoms with E-state index in [0.29, 0.717) is 15.4 Å². The molecule has 0 spiro atoms. The van der Waals surface area contributed by atoms with Gasteiger partial charge in [0, 0.05) is 11.5 Å². The lowest BCUT2D eigenvalue weighted by atomic mass is 10.2. The number of hydrogen-bond acceptors (Lipinski definition) is 6. The first-order chi connectivity index (χ1) is 10.5. The monoisotopic (exact) mass is 384 g/mol. The summed E-state index contributed by atoms with van der Waals surface area (Å²) in [6.07, 6.45) is 3.58. The number of thioether (sulfide) groups is 1. The first-order valence-electron chi connectivity index (χ1n) is 6.58. The van der Waals surface area contributed by atoms with Gasteiger partial charge in [-0.2, -0.15) is 9.78 Å². The average molecular weight is 385 g/mol. The molecular formula is C14H17BrN4O2S. The third-order valence-electron chi connectivity index (χ3n) is 2.98. The van der Waals surface area contributed by atoms with Crippen LogP contribution in [0.15, 0.2) is 26.9 Å². The van der Waals surface area contributed by atoms with Gasteiger partial charge < -0.3 is 9.84 Å². The largest absolute Gasteiger partial charge is 0.503 e. The first-order valence-corrected chi connectivity index (χ1v) is 8.60. The molecular weight excluding hydrogens is 368 g/mol. The Bertz CT molecular complexity index is 700. The van der Waals surface area contributed by atoms with Crippen molar-refractivity contribution in [1.82, 2.24) is 14.9 Å². The maximum atomic E-state index is 10.0. The lowest BCUT2D eigenvalue weighted by Gasteiger charge is -2.08. The van der Waals surface area contributed by atoms with E-state index in [1.54, 1.807) is 17.0 Å². The van der Waals surface area contributed by atoms with Crippen molar-refractivity contribution in [2.75, 3.05) is 13.4 Å². The minimum atomic E-state index is 0.0457. The molecule has 0 aliphatic carbocycles. The topological polar surface area (TPSA) is 72.5 Å². The van der Waals surface area contributed by atoms with E-state index in [1.165, 1.54) is 18.9 Å². The van der Waals surface area contributed by atoms with Crippen molar-refractivity contribution in [3.8, 4) is 11.5 Å². The summed E-state index contributed by atoms with van der Waals surface area (Å²) in [4.78, 5) is 0. The van der Waals surface area contributed by atoms with E-state index in [9.17, 15) is 5.11 Å². The van der Waals surface area contributed by atoms with E-state index in [0.717, 1.165) is 11.4 Å². The van der Waals surface area contributed by atoms with Crippen LogP contribution < -0.4 is 4.74 Å². The van der Waals surface area contributed by atoms with Gasteiger partial charge in [-0.25, -0.2) is 0 Å². The summed E-state index contributed by atoms with van der Waals surface area (Å²) in [5.41, 5.74) is 0.730. The highest BCUT2D eigenvalue weighted by Crippen LogP contribution is 2.35. The number of ether oxygens (including phenoxy) is 1. The number of phenolic OH excluding ortho intramolecular Hbond substituents is 1. The average Bonchev–Trinajstić information content (AvgIpc) is 2.92. The maximum absolute atomic E-state index is 10.0. The minimum Gasteiger partial charge on any atom is -0.503 e. The summed E-state index contributed by atoms with van der Waals surface area (Å²) in [5.74, 6) is 1.44. The van der Waals surface area contributed by atoms with Crippen molar-refractivity contribution in [2.24, 2.45) is 5.10 Å². The van der Waals surface area contributed by atoms with Crippen LogP contribution in [-0.4, -0.2) is 39.6 Å². The van der Waals surface area contributed by atoms with Gasteiger partial charge in [-0.15, -0.1) is 10.2 Å². The molecule has 0 amide bonds. The van der Waals surface area contributed by atoms with Gasteiger partial charge in [0.25, 0.3) is 0 Å². The van der Waals surface area contributed by atoms with E-state index in [2.05, 4.69) is 31.2 Å². The van der Waals surface area contributed by atoms with Gasteiger partial charge >= 0.3 is 0 Å². The molecule has 6 nitrogen and oxygen atoms in total. The zero-order chi connectivity index (χ0) is 16.3. The Morgan fingerprint density at radius 1 is 1.41 bits per heavy atom. The molecule has 0 radical (unpaired) electrons. The number of aromatic hydroxyl groups is 1. The predicted octanol–water partition coefficient (Wildman–Crippen LogP) is 3.48. The summed E-state index contributed by atoms with van der Waals surface area (Å²) >= 11 is 4.83. The van der Waals surface area contributed by atoms with E-state index in [4.69, 9.17) is 4.74 Å². The first kappa shape index (κ1) is 16.8. The Labute approximate surface area is 141 Å². The van der Waals surface area contributed by atoms with Gasteiger partial charge in [-0.1, -0.05) is 25.6 Å². The van der Waals surface area contributed by atoms with Crippen LogP contribution in [0.5, 0.6) is 11.5 Å². The predicted molar refractivity (Wildman–Crippen MR) is 91.2 cm³/mol. The molecule has 2 aromatic rings. The molecule has 1 aromatic heterocycles. The molecule has 0 unspecified atom stereocenters. The van der Waals surface area contributed by atoms with Crippen molar-refractivity contribution in [3.05, 3.63) is 28.0 Å². The molecule has 0 aliphatic heterocycles. The van der Waals surface area contributed by atoms with Crippen LogP contribution in [0.3, 0.4) is 0 Å². The van der Waals surface area contributed by atoms with Crippen molar-refractivity contribution in [2.45, 2.75) is 24.9 Å². The number of nitrogens with zero attached hydrogens (tertiary/aromatic N) is 4. The third kappa shape index (κ3) is 3.27. The second kappa shape index (κ2) is 7.15. The number of aromatic nitrogens is 3. The molecule has 1 heterocycles. The van der Waals surface area contributed by atoms with Crippen molar-refractivity contribution in [3.63, 3.8) is 0 Å². The Hall–Kier alpha value is -1.54. The highest BCUT2D eigenvalue weighted by molar-refractivity contribution is 9.10. The van der Waals surface area contributed by atoms with Crippen molar-refractivity contribution in [1.29, 1.82) is 0 Å². The quantitative estimate of drug-likeness (QED) is 0.630. The lowest BCUT2D eigenvalue weighted by molar-refractivity contribution is 0.372. The Morgan fingerprint density at radius 2 is 2.14 bits per heavy atom. The standard InChI is InChI=1S/C14H17BrN4O2S/c1-8(2)13-17-18-14(22-4)19(13)16-7-9-5-6-10(21-3)12(20)11(9)15/h5-8,20H,1-4H3/b16-7-. The Morgan fingerprint density at radius 3 is 2.73 bits per heavy atom. The van der Waals surface area contributed by atoms with Gasteiger partial charge in [-0.3, -0.25) is 0 Å². The molecule has 1 N–H and O–H groups in total. The van der Waals surface area contributed by atoms with Gasteiger partial charge in [0.2, 0.25) is 5.16 Å². The van der Waals surface area contributed by atoms with E-state index in [1.807, 2.05) is 26.2 Å². The molecule has 2 rings (SSSR count). The van der Waals surface area contributed by atoms with Crippen molar-refractivity contribution < 1.29 is 9.84 Å². The van der Waals surface area contributed by atoms with Crippen LogP contribution in [0.25, 0.3) is 0 Å². The Balaban J connectivity index is 2.41. The fourth-order valence-corrected chi connectivity index (χ4v) is 2.69. The zero-order valence-corrected chi connectivity index (χ0v) is 15.1. The normalized spacial score (nSPS) is 11.5. The summed E-state index contributed by atoms with van der Waals surface area (Å²) in [5, 5.41) is 23.5. The van der Waals surface area contributed by atoms with Crippen LogP contribution >= 0.6 is 27.7 Å². The SMILES string of the molecule is COc1ccc(/C=N\n2c(SC)nnc2C(C)C)c(Br)c1O. The third-order valence-corrected chi connectivity index (χ3v) is 4.43. The molecule has 0 saturated carbocycles. The number of methoxy groups -OCH3 is 1. The minimum absolute atomic E-state index is 0.0457. The van der Waals surface area contributed by atoms with Gasteiger partial charge in [0.15, 0.2) is 17.3 Å². The van der Waals surface area contributed by atoms with Gasteiger partial charge in [0.1, 0.15) is 0 Å². The highest BCUT2D eigenvalue weighted by Gasteiger charge is 2.14. The second-order valence-corrected chi connectivity index (χ2v) is 6.34. The Kier molecular flexibility index (Phi) is 5.47. The molecule has 22 heavy (non-hydrogen) atoms. The van der Waals surface area contributed by atoms with E-state index in [-0.39, 0.29) is 11.7 Å². The summed E-state index contributed by atoms with van der Waals surface area (Å²) in [6.45, 7) is 4.07. The summed E-state index contributed by atoms with van der Waals surface area (Å²) in [6, 6.07) is 3.50. The molecule has 0 atom stereocenters. The summed E-state index contributed by atoms with van der Waals surface area (Å²) < 4.78 is 7.30. The van der Waals surface area contributed by atoms with Crippen LogP contribution in [-0.2, 0) is 0 Å². The molecule has 0 bridgehead atoms. The molecule has 1 aromatic carbocycles. The second-order valence-electron chi connectivity index (χ2n) is 4.78. The van der Waals surface area contributed by atoms with Gasteiger partial charge in [0.05, 0.1) is 17.8 Å². The maximum Gasteiger partial charge on any atom is 0.211 e. The zero-order valence-electron chi connectivity index (χ0n) is 12.7. The summed E-state index contributed by atoms with van der Waals surface area (Å²) in [7, 11) is 1.51. The number of benzene rings is 1. The lowest BCUT2D eigenvalue weighted by Crippen LogP contribution is -2.02.